The molecule has 0 spiro atoms. The maximum absolute atomic E-state index is 2.47. The van der Waals surface area contributed by atoms with Crippen molar-refractivity contribution in [2.24, 2.45) is 0 Å². The first-order valence-corrected chi connectivity index (χ1v) is 19.5. The van der Waals surface area contributed by atoms with Gasteiger partial charge in [0.25, 0.3) is 0 Å². The van der Waals surface area contributed by atoms with Crippen LogP contribution in [0.25, 0.3) is 89.4 Å². The molecule has 0 unspecified atom stereocenters. The maximum atomic E-state index is 2.47. The van der Waals surface area contributed by atoms with Gasteiger partial charge < -0.3 is 9.13 Å². The molecule has 0 radical (unpaired) electrons. The molecule has 0 aliphatic heterocycles. The van der Waals surface area contributed by atoms with E-state index in [1.165, 1.54) is 105 Å². The molecule has 8 aromatic carbocycles. The highest BCUT2D eigenvalue weighted by molar-refractivity contribution is 6.11. The molecular weight excluding hydrogens is 677 g/mol. The summed E-state index contributed by atoms with van der Waals surface area (Å²) >= 11 is 0. The minimum atomic E-state index is 1.16. The molecule has 0 saturated heterocycles. The Balaban J connectivity index is 1.02. The van der Waals surface area contributed by atoms with E-state index in [9.17, 15) is 0 Å². The first kappa shape index (κ1) is 33.7. The van der Waals surface area contributed by atoms with Crippen LogP contribution in [0, 0.1) is 27.7 Å². The van der Waals surface area contributed by atoms with E-state index in [0.717, 1.165) is 5.56 Å². The highest BCUT2D eigenvalue weighted by Crippen LogP contribution is 2.39. The lowest BCUT2D eigenvalue weighted by Crippen LogP contribution is -1.99. The first-order chi connectivity index (χ1) is 27.4. The Kier molecular flexibility index (Phi) is 8.08. The second kappa shape index (κ2) is 13.4. The van der Waals surface area contributed by atoms with Gasteiger partial charge >= 0.3 is 0 Å². The predicted octanol–water partition coefficient (Wildman–Crippen LogP) is 14.6. The smallest absolute Gasteiger partial charge is 0.0543 e. The normalized spacial score (nSPS) is 11.9. The number of para-hydroxylation sites is 2. The lowest BCUT2D eigenvalue weighted by atomic mass is 9.96. The summed E-state index contributed by atoms with van der Waals surface area (Å²) in [6.45, 7) is 8.80. The fourth-order valence-corrected chi connectivity index (χ4v) is 8.59. The minimum Gasteiger partial charge on any atom is -0.309 e. The monoisotopic (exact) mass is 718 g/mol. The van der Waals surface area contributed by atoms with Crippen molar-refractivity contribution in [3.8, 4) is 33.6 Å². The number of hydrogen-bond acceptors (Lipinski definition) is 0. The third-order valence-corrected chi connectivity index (χ3v) is 11.6. The molecule has 0 N–H and O–H groups in total. The zero-order valence-corrected chi connectivity index (χ0v) is 32.2. The summed E-state index contributed by atoms with van der Waals surface area (Å²) in [5.41, 5.74) is 19.6. The molecule has 0 atom stereocenters. The van der Waals surface area contributed by atoms with E-state index in [4.69, 9.17) is 0 Å². The second-order valence-electron chi connectivity index (χ2n) is 15.3. The summed E-state index contributed by atoms with van der Waals surface area (Å²) in [6.07, 6.45) is 4.49. The standard InChI is InChI=1S/C54H42N2/c1-35-18-27-52-47(30-35)48-31-36(2)19-28-53(48)56(52)54-33-38(4)37(3)32-46(54)41-24-21-39(22-25-41)20-23-40-12-8-9-15-44(40)42-26-29-51-49(34-42)45-16-10-11-17-50(45)55(51)43-13-6-5-7-14-43/h5-34H,1-4H3/b23-20+. The van der Waals surface area contributed by atoms with Gasteiger partial charge in [-0.2, -0.15) is 0 Å². The van der Waals surface area contributed by atoms with E-state index in [2.05, 4.69) is 219 Å². The van der Waals surface area contributed by atoms with E-state index in [-0.39, 0.29) is 0 Å². The summed E-state index contributed by atoms with van der Waals surface area (Å²) in [5, 5.41) is 5.12. The van der Waals surface area contributed by atoms with Crippen molar-refractivity contribution in [3.63, 3.8) is 0 Å². The third-order valence-electron chi connectivity index (χ3n) is 11.6. The molecule has 2 heteroatoms. The molecular formula is C54H42N2. The van der Waals surface area contributed by atoms with Gasteiger partial charge in [-0.15, -0.1) is 0 Å². The van der Waals surface area contributed by atoms with Crippen LogP contribution in [0.3, 0.4) is 0 Å². The van der Waals surface area contributed by atoms with Gasteiger partial charge in [0.2, 0.25) is 0 Å². The van der Waals surface area contributed by atoms with Crippen molar-refractivity contribution in [1.82, 2.24) is 9.13 Å². The van der Waals surface area contributed by atoms with Crippen molar-refractivity contribution < 1.29 is 0 Å². The van der Waals surface area contributed by atoms with E-state index in [0.29, 0.717) is 0 Å². The minimum absolute atomic E-state index is 1.16. The molecule has 56 heavy (non-hydrogen) atoms. The Hall–Kier alpha value is -6.90. The van der Waals surface area contributed by atoms with Gasteiger partial charge in [0.15, 0.2) is 0 Å². The van der Waals surface area contributed by atoms with Crippen LogP contribution in [0.5, 0.6) is 0 Å². The van der Waals surface area contributed by atoms with Gasteiger partial charge in [-0.05, 0) is 133 Å². The van der Waals surface area contributed by atoms with Crippen LogP contribution < -0.4 is 0 Å². The highest BCUT2D eigenvalue weighted by Gasteiger charge is 2.18. The van der Waals surface area contributed by atoms with Crippen molar-refractivity contribution in [2.45, 2.75) is 27.7 Å². The molecule has 2 heterocycles. The molecule has 0 aliphatic rings. The van der Waals surface area contributed by atoms with Gasteiger partial charge in [-0.3, -0.25) is 0 Å². The Labute approximate surface area is 328 Å². The summed E-state index contributed by atoms with van der Waals surface area (Å²) in [5.74, 6) is 0. The maximum Gasteiger partial charge on any atom is 0.0543 e. The molecule has 2 nitrogen and oxygen atoms in total. The number of aromatic nitrogens is 2. The first-order valence-electron chi connectivity index (χ1n) is 19.5. The number of nitrogens with zero attached hydrogens (tertiary/aromatic N) is 2. The van der Waals surface area contributed by atoms with Gasteiger partial charge in [-0.1, -0.05) is 126 Å². The molecule has 0 bridgehead atoms. The Bertz CT molecular complexity index is 3090. The molecule has 0 aliphatic carbocycles. The van der Waals surface area contributed by atoms with E-state index in [1.54, 1.807) is 0 Å². The molecule has 0 saturated carbocycles. The molecule has 10 rings (SSSR count). The predicted molar refractivity (Wildman–Crippen MR) is 240 cm³/mol. The van der Waals surface area contributed by atoms with Gasteiger partial charge in [0.1, 0.15) is 0 Å². The topological polar surface area (TPSA) is 9.86 Å². The van der Waals surface area contributed by atoms with E-state index >= 15 is 0 Å². The average molecular weight is 719 g/mol. The average Bonchev–Trinajstić information content (AvgIpc) is 3.73. The Morgan fingerprint density at radius 3 is 1.70 bits per heavy atom. The fraction of sp³-hybridized carbons (Fsp3) is 0.0741. The number of aryl methyl sites for hydroxylation is 4. The molecule has 268 valence electrons. The summed E-state index contributed by atoms with van der Waals surface area (Å²) in [4.78, 5) is 0. The summed E-state index contributed by atoms with van der Waals surface area (Å²) < 4.78 is 4.84. The largest absolute Gasteiger partial charge is 0.309 e. The van der Waals surface area contributed by atoms with Crippen molar-refractivity contribution in [2.75, 3.05) is 0 Å². The zero-order valence-electron chi connectivity index (χ0n) is 32.2. The summed E-state index contributed by atoms with van der Waals surface area (Å²) in [6, 6.07) is 62.4. The van der Waals surface area contributed by atoms with Crippen LogP contribution in [-0.2, 0) is 0 Å². The van der Waals surface area contributed by atoms with Crippen LogP contribution in [0.15, 0.2) is 170 Å². The third kappa shape index (κ3) is 5.65. The van der Waals surface area contributed by atoms with Gasteiger partial charge in [0.05, 0.1) is 27.8 Å². The number of hydrogen-bond donors (Lipinski definition) is 0. The SMILES string of the molecule is Cc1ccc2c(c1)c1cc(C)ccc1n2-c1cc(C)c(C)cc1-c1ccc(/C=C/c2ccccc2-c2ccc3c(c2)c2ccccc2n3-c2ccccc2)cc1. The van der Waals surface area contributed by atoms with Crippen LogP contribution in [-0.4, -0.2) is 9.13 Å². The van der Waals surface area contributed by atoms with Gasteiger partial charge in [0, 0.05) is 32.8 Å². The van der Waals surface area contributed by atoms with Crippen molar-refractivity contribution in [1.29, 1.82) is 0 Å². The second-order valence-corrected chi connectivity index (χ2v) is 15.3. The van der Waals surface area contributed by atoms with Gasteiger partial charge in [-0.25, -0.2) is 0 Å². The van der Waals surface area contributed by atoms with Crippen LogP contribution >= 0.6 is 0 Å². The number of rotatable bonds is 6. The Morgan fingerprint density at radius 1 is 0.375 bits per heavy atom. The molecule has 0 amide bonds. The van der Waals surface area contributed by atoms with Crippen LogP contribution in [0.2, 0.25) is 0 Å². The zero-order chi connectivity index (χ0) is 37.9. The highest BCUT2D eigenvalue weighted by atomic mass is 15.0. The van der Waals surface area contributed by atoms with E-state index < -0.39 is 0 Å². The number of benzene rings is 8. The van der Waals surface area contributed by atoms with Crippen molar-refractivity contribution in [3.05, 3.63) is 203 Å². The Morgan fingerprint density at radius 2 is 0.946 bits per heavy atom. The van der Waals surface area contributed by atoms with Crippen LogP contribution in [0.4, 0.5) is 0 Å². The molecule has 2 aromatic heterocycles. The van der Waals surface area contributed by atoms with Crippen molar-refractivity contribution >= 4 is 55.8 Å². The fourth-order valence-electron chi connectivity index (χ4n) is 8.59. The lowest BCUT2D eigenvalue weighted by molar-refractivity contribution is 1.16. The van der Waals surface area contributed by atoms with Crippen LogP contribution in [0.1, 0.15) is 33.4 Å². The molecule has 10 aromatic rings. The molecule has 0 fully saturated rings. The quantitative estimate of drug-likeness (QED) is 0.152. The summed E-state index contributed by atoms with van der Waals surface area (Å²) in [7, 11) is 0. The van der Waals surface area contributed by atoms with E-state index in [1.807, 2.05) is 0 Å². The lowest BCUT2D eigenvalue weighted by Gasteiger charge is -2.17. The number of fused-ring (bicyclic) bond motifs is 6.